The Balaban J connectivity index is 1.68. The van der Waals surface area contributed by atoms with Crippen molar-refractivity contribution in [3.05, 3.63) is 23.3 Å². The maximum atomic E-state index is 10.9. The summed E-state index contributed by atoms with van der Waals surface area (Å²) in [6.45, 7) is 4.14. The van der Waals surface area contributed by atoms with Crippen LogP contribution in [-0.4, -0.2) is 147 Å². The first kappa shape index (κ1) is 33.4. The Kier molecular flexibility index (Phi) is 12.4. The highest BCUT2D eigenvalue weighted by molar-refractivity contribution is 5.02. The highest BCUT2D eigenvalue weighted by Gasteiger charge is 2.51. The summed E-state index contributed by atoms with van der Waals surface area (Å²) in [5.74, 6) is 0. The van der Waals surface area contributed by atoms with E-state index >= 15 is 0 Å². The lowest BCUT2D eigenvalue weighted by atomic mass is 9.98. The minimum Gasteiger partial charge on any atom is -0.393 e. The quantitative estimate of drug-likeness (QED) is 0.111. The van der Waals surface area contributed by atoms with Gasteiger partial charge >= 0.3 is 0 Å². The third kappa shape index (κ3) is 8.26. The molecule has 0 aromatic rings. The van der Waals surface area contributed by atoms with Gasteiger partial charge in [0.15, 0.2) is 18.9 Å². The third-order valence-corrected chi connectivity index (χ3v) is 7.18. The summed E-state index contributed by atoms with van der Waals surface area (Å²) in [5, 5.41) is 81.4. The molecule has 0 unspecified atom stereocenters. The fourth-order valence-corrected chi connectivity index (χ4v) is 4.48. The SMILES string of the molecule is CC(C)=CCC/C(C)=C/CO[C@@H]1O[C@H](CO[C@@H]2OC[C@](O)(CO)[C@H]2O)[C@@H](O)[C@H](O)[C@H]1O[C@@H]1OC[C@@H](O)[C@H](O)[C@H]1O. The summed E-state index contributed by atoms with van der Waals surface area (Å²) in [4.78, 5) is 0. The van der Waals surface area contributed by atoms with Gasteiger partial charge < -0.3 is 69.3 Å². The van der Waals surface area contributed by atoms with E-state index in [9.17, 15) is 40.9 Å². The molecule has 3 heterocycles. The Morgan fingerprint density at radius 1 is 0.875 bits per heavy atom. The number of ether oxygens (including phenoxy) is 6. The van der Waals surface area contributed by atoms with Crippen LogP contribution in [0.5, 0.6) is 0 Å². The zero-order chi connectivity index (χ0) is 29.6. The molecule has 8 N–H and O–H groups in total. The summed E-state index contributed by atoms with van der Waals surface area (Å²) in [6.07, 6.45) is -10.5. The van der Waals surface area contributed by atoms with Gasteiger partial charge in [-0.15, -0.1) is 0 Å². The molecule has 232 valence electrons. The highest BCUT2D eigenvalue weighted by Crippen LogP contribution is 2.30. The smallest absolute Gasteiger partial charge is 0.187 e. The van der Waals surface area contributed by atoms with E-state index in [1.807, 2.05) is 26.8 Å². The topological polar surface area (TPSA) is 217 Å². The first-order chi connectivity index (χ1) is 18.9. The van der Waals surface area contributed by atoms with Crippen LogP contribution in [0.25, 0.3) is 0 Å². The zero-order valence-corrected chi connectivity index (χ0v) is 23.0. The zero-order valence-electron chi connectivity index (χ0n) is 23.0. The molecule has 0 spiro atoms. The van der Waals surface area contributed by atoms with Crippen molar-refractivity contribution in [3.8, 4) is 0 Å². The molecule has 0 aromatic heterocycles. The van der Waals surface area contributed by atoms with Crippen LogP contribution in [0.1, 0.15) is 33.6 Å². The van der Waals surface area contributed by atoms with Gasteiger partial charge in [0.1, 0.15) is 54.4 Å². The van der Waals surface area contributed by atoms with Gasteiger partial charge in [-0.3, -0.25) is 0 Å². The fourth-order valence-electron chi connectivity index (χ4n) is 4.48. The predicted octanol–water partition coefficient (Wildman–Crippen LogP) is -2.58. The Morgan fingerprint density at radius 3 is 2.25 bits per heavy atom. The molecule has 3 fully saturated rings. The number of hydrogen-bond donors (Lipinski definition) is 8. The van der Waals surface area contributed by atoms with Crippen molar-refractivity contribution >= 4 is 0 Å². The Bertz CT molecular complexity index is 847. The van der Waals surface area contributed by atoms with Gasteiger partial charge in [-0.25, -0.2) is 0 Å². The van der Waals surface area contributed by atoms with E-state index in [1.54, 1.807) is 0 Å². The normalized spacial score (nSPS) is 42.7. The number of rotatable bonds is 12. The first-order valence-electron chi connectivity index (χ1n) is 13.4. The lowest BCUT2D eigenvalue weighted by molar-refractivity contribution is -0.358. The molecule has 0 aliphatic carbocycles. The van der Waals surface area contributed by atoms with Gasteiger partial charge in [0, 0.05) is 0 Å². The molecule has 3 saturated heterocycles. The maximum Gasteiger partial charge on any atom is 0.187 e. The van der Waals surface area contributed by atoms with Gasteiger partial charge in [0.05, 0.1) is 33.0 Å². The molecule has 14 nitrogen and oxygen atoms in total. The van der Waals surface area contributed by atoms with Crippen molar-refractivity contribution in [1.82, 2.24) is 0 Å². The number of aliphatic hydroxyl groups excluding tert-OH is 7. The van der Waals surface area contributed by atoms with Gasteiger partial charge in [-0.1, -0.05) is 23.3 Å². The second-order valence-corrected chi connectivity index (χ2v) is 10.8. The van der Waals surface area contributed by atoms with Gasteiger partial charge in [0.25, 0.3) is 0 Å². The predicted molar refractivity (Wildman–Crippen MR) is 135 cm³/mol. The third-order valence-electron chi connectivity index (χ3n) is 7.18. The standard InChI is InChI=1S/C26H44O14/c1-13(2)5-4-6-14(3)7-8-35-24-21(40-23-20(32)17(29)15(28)9-36-23)19(31)18(30)16(39-24)10-37-25-22(33)26(34,11-27)12-38-25/h5,7,15-25,27-34H,4,6,8-12H2,1-3H3/b14-7+/t15-,16-,17+,18-,19+,20-,21-,22+,23+,24-,25-,26-/m1/s1. The van der Waals surface area contributed by atoms with E-state index in [0.717, 1.165) is 18.4 Å². The largest absolute Gasteiger partial charge is 0.393 e. The average Bonchev–Trinajstić information content (AvgIpc) is 3.20. The molecule has 3 aliphatic heterocycles. The first-order valence-corrected chi connectivity index (χ1v) is 13.4. The van der Waals surface area contributed by atoms with E-state index in [-0.39, 0.29) is 19.8 Å². The second-order valence-electron chi connectivity index (χ2n) is 10.8. The second kappa shape index (κ2) is 14.9. The molecule has 0 amide bonds. The van der Waals surface area contributed by atoms with Crippen LogP contribution >= 0.6 is 0 Å². The van der Waals surface area contributed by atoms with Crippen molar-refractivity contribution in [2.75, 3.05) is 33.0 Å². The molecular formula is C26H44O14. The summed E-state index contributed by atoms with van der Waals surface area (Å²) in [5.41, 5.74) is 0.343. The van der Waals surface area contributed by atoms with E-state index in [1.165, 1.54) is 5.57 Å². The van der Waals surface area contributed by atoms with Gasteiger partial charge in [-0.05, 0) is 33.6 Å². The number of aliphatic hydroxyl groups is 8. The minimum atomic E-state index is -1.91. The minimum absolute atomic E-state index is 0.0466. The maximum absolute atomic E-state index is 10.9. The number of hydrogen-bond acceptors (Lipinski definition) is 14. The lowest BCUT2D eigenvalue weighted by Gasteiger charge is -2.45. The van der Waals surface area contributed by atoms with Crippen molar-refractivity contribution in [2.45, 2.75) is 107 Å². The van der Waals surface area contributed by atoms with Crippen LogP contribution in [0.2, 0.25) is 0 Å². The molecule has 0 aromatic carbocycles. The Hall–Kier alpha value is -1.08. The molecule has 3 aliphatic rings. The molecule has 40 heavy (non-hydrogen) atoms. The highest BCUT2D eigenvalue weighted by atomic mass is 16.8. The molecule has 14 heteroatoms. The van der Waals surface area contributed by atoms with Crippen molar-refractivity contribution in [3.63, 3.8) is 0 Å². The van der Waals surface area contributed by atoms with E-state index in [2.05, 4.69) is 6.08 Å². The van der Waals surface area contributed by atoms with Gasteiger partial charge in [0.2, 0.25) is 0 Å². The summed E-state index contributed by atoms with van der Waals surface area (Å²) in [6, 6.07) is 0. The van der Waals surface area contributed by atoms with Crippen LogP contribution in [0, 0.1) is 0 Å². The van der Waals surface area contributed by atoms with Gasteiger partial charge in [-0.2, -0.15) is 0 Å². The summed E-state index contributed by atoms with van der Waals surface area (Å²) < 4.78 is 33.4. The van der Waals surface area contributed by atoms with E-state index in [0.29, 0.717) is 0 Å². The molecule has 0 bridgehead atoms. The number of allylic oxidation sites excluding steroid dienone is 3. The van der Waals surface area contributed by atoms with Crippen LogP contribution in [-0.2, 0) is 28.4 Å². The van der Waals surface area contributed by atoms with Crippen LogP contribution in [0.15, 0.2) is 23.3 Å². The molecule has 3 rings (SSSR count). The molecule has 0 saturated carbocycles. The summed E-state index contributed by atoms with van der Waals surface area (Å²) >= 11 is 0. The van der Waals surface area contributed by atoms with Crippen LogP contribution in [0.4, 0.5) is 0 Å². The monoisotopic (exact) mass is 580 g/mol. The fraction of sp³-hybridized carbons (Fsp3) is 0.846. The van der Waals surface area contributed by atoms with Crippen LogP contribution < -0.4 is 0 Å². The molecule has 12 atom stereocenters. The van der Waals surface area contributed by atoms with E-state index < -0.39 is 86.5 Å². The van der Waals surface area contributed by atoms with Crippen molar-refractivity contribution in [2.24, 2.45) is 0 Å². The summed E-state index contributed by atoms with van der Waals surface area (Å²) in [7, 11) is 0. The Morgan fingerprint density at radius 2 is 1.60 bits per heavy atom. The van der Waals surface area contributed by atoms with Crippen LogP contribution in [0.3, 0.4) is 0 Å². The molecular weight excluding hydrogens is 536 g/mol. The molecule has 0 radical (unpaired) electrons. The lowest BCUT2D eigenvalue weighted by Crippen LogP contribution is -2.63. The van der Waals surface area contributed by atoms with Crippen molar-refractivity contribution < 1.29 is 69.3 Å². The van der Waals surface area contributed by atoms with E-state index in [4.69, 9.17) is 28.4 Å². The van der Waals surface area contributed by atoms with Crippen molar-refractivity contribution in [1.29, 1.82) is 0 Å². The Labute approximate surface area is 233 Å². The average molecular weight is 581 g/mol.